The molecule has 150 valence electrons. The minimum Gasteiger partial charge on any atom is -0.341 e. The van der Waals surface area contributed by atoms with Crippen molar-refractivity contribution >= 4 is 24.2 Å². The van der Waals surface area contributed by atoms with Crippen molar-refractivity contribution in [3.8, 4) is 0 Å². The molecule has 27 heavy (non-hydrogen) atoms. The van der Waals surface area contributed by atoms with E-state index in [9.17, 15) is 14.8 Å². The minimum absolute atomic E-state index is 0.0584. The number of unbranched alkanes of at least 4 members (excludes halogenated alkanes) is 2. The molecule has 1 saturated heterocycles. The van der Waals surface area contributed by atoms with Crippen LogP contribution in [0.2, 0.25) is 0 Å². The molecule has 10 nitrogen and oxygen atoms in total. The van der Waals surface area contributed by atoms with E-state index in [1.807, 2.05) is 6.92 Å². The smallest absolute Gasteiger partial charge is 0.246 e. The van der Waals surface area contributed by atoms with Crippen LogP contribution in [0.25, 0.3) is 0 Å². The Hall–Kier alpha value is -2.49. The molecule has 1 aromatic rings. The van der Waals surface area contributed by atoms with Crippen molar-refractivity contribution in [3.05, 3.63) is 5.82 Å². The number of anilines is 2. The van der Waals surface area contributed by atoms with Gasteiger partial charge in [0, 0.05) is 19.5 Å². The first-order chi connectivity index (χ1) is 13.1. The summed E-state index contributed by atoms with van der Waals surface area (Å²) in [6.45, 7) is 5.79. The zero-order chi connectivity index (χ0) is 19.6. The maximum atomic E-state index is 12.5. The Morgan fingerprint density at radius 1 is 1.30 bits per heavy atom. The van der Waals surface area contributed by atoms with E-state index in [0.29, 0.717) is 36.1 Å². The highest BCUT2D eigenvalue weighted by atomic mass is 16.5. The normalized spacial score (nSPS) is 14.3. The lowest BCUT2D eigenvalue weighted by Gasteiger charge is -2.31. The van der Waals surface area contributed by atoms with Gasteiger partial charge in [0.1, 0.15) is 5.82 Å². The molecule has 2 heterocycles. The number of aromatic nitrogens is 3. The van der Waals surface area contributed by atoms with E-state index in [0.717, 1.165) is 38.8 Å². The van der Waals surface area contributed by atoms with Gasteiger partial charge in [0.25, 0.3) is 0 Å². The molecule has 2 rings (SSSR count). The van der Waals surface area contributed by atoms with Gasteiger partial charge in [0.15, 0.2) is 0 Å². The standard InChI is InChI=1S/C17H29N7O3/c1-3-5-6-8-13(11-24(27)12-25)15(26)21-22-16-18-14(4-2)19-17(20-16)23-9-7-10-23/h12-13,27H,3-11H2,1-2H3,(H,21,26)(H,18,19,20,22)/t13-/m0/s1. The first kappa shape index (κ1) is 20.8. The van der Waals surface area contributed by atoms with Crippen molar-refractivity contribution in [3.63, 3.8) is 0 Å². The lowest BCUT2D eigenvalue weighted by atomic mass is 10.0. The van der Waals surface area contributed by atoms with Crippen molar-refractivity contribution in [1.29, 1.82) is 0 Å². The van der Waals surface area contributed by atoms with Gasteiger partial charge in [-0.05, 0) is 12.8 Å². The number of hydrazine groups is 1. The molecule has 1 aliphatic rings. The SMILES string of the molecule is CCCCC[C@@H](CN(O)C=O)C(=O)NNc1nc(CC)nc(N2CCC2)n1. The second-order valence-corrected chi connectivity index (χ2v) is 6.60. The fourth-order valence-electron chi connectivity index (χ4n) is 2.71. The average molecular weight is 379 g/mol. The highest BCUT2D eigenvalue weighted by Crippen LogP contribution is 2.17. The van der Waals surface area contributed by atoms with Gasteiger partial charge in [-0.15, -0.1) is 0 Å². The Kier molecular flexibility index (Phi) is 8.18. The lowest BCUT2D eigenvalue weighted by molar-refractivity contribution is -0.154. The van der Waals surface area contributed by atoms with E-state index in [2.05, 4.69) is 37.6 Å². The van der Waals surface area contributed by atoms with Gasteiger partial charge >= 0.3 is 0 Å². The van der Waals surface area contributed by atoms with Gasteiger partial charge in [-0.3, -0.25) is 25.6 Å². The van der Waals surface area contributed by atoms with Gasteiger partial charge in [-0.2, -0.15) is 15.0 Å². The van der Waals surface area contributed by atoms with Crippen molar-refractivity contribution in [2.75, 3.05) is 30.0 Å². The monoisotopic (exact) mass is 379 g/mol. The average Bonchev–Trinajstić information content (AvgIpc) is 2.63. The van der Waals surface area contributed by atoms with Crippen LogP contribution in [-0.4, -0.2) is 57.2 Å². The number of carbonyl (C=O) groups is 2. The summed E-state index contributed by atoms with van der Waals surface area (Å²) >= 11 is 0. The van der Waals surface area contributed by atoms with Crippen LogP contribution in [0.4, 0.5) is 11.9 Å². The summed E-state index contributed by atoms with van der Waals surface area (Å²) in [5.41, 5.74) is 5.34. The van der Waals surface area contributed by atoms with E-state index < -0.39 is 5.92 Å². The third-order valence-electron chi connectivity index (χ3n) is 4.48. The van der Waals surface area contributed by atoms with Crippen LogP contribution >= 0.6 is 0 Å². The number of nitrogens with one attached hydrogen (secondary N) is 2. The summed E-state index contributed by atoms with van der Waals surface area (Å²) < 4.78 is 0. The van der Waals surface area contributed by atoms with Gasteiger partial charge in [0.2, 0.25) is 24.2 Å². The number of rotatable bonds is 12. The molecule has 1 fully saturated rings. The Balaban J connectivity index is 1.98. The number of carbonyl (C=O) groups excluding carboxylic acids is 2. The van der Waals surface area contributed by atoms with Crippen molar-refractivity contribution in [1.82, 2.24) is 25.4 Å². The van der Waals surface area contributed by atoms with Gasteiger partial charge in [0.05, 0.1) is 12.5 Å². The van der Waals surface area contributed by atoms with E-state index >= 15 is 0 Å². The molecule has 1 aromatic heterocycles. The van der Waals surface area contributed by atoms with Crippen LogP contribution in [0, 0.1) is 5.92 Å². The minimum atomic E-state index is -0.526. The summed E-state index contributed by atoms with van der Waals surface area (Å²) in [5.74, 6) is 0.677. The summed E-state index contributed by atoms with van der Waals surface area (Å²) in [7, 11) is 0. The Morgan fingerprint density at radius 2 is 2.07 bits per heavy atom. The molecule has 0 aliphatic carbocycles. The van der Waals surface area contributed by atoms with Crippen LogP contribution in [0.5, 0.6) is 0 Å². The maximum absolute atomic E-state index is 12.5. The first-order valence-electron chi connectivity index (χ1n) is 9.53. The van der Waals surface area contributed by atoms with E-state index in [-0.39, 0.29) is 18.4 Å². The molecular formula is C17H29N7O3. The van der Waals surface area contributed by atoms with Crippen LogP contribution in [0.15, 0.2) is 0 Å². The van der Waals surface area contributed by atoms with E-state index in [1.165, 1.54) is 0 Å². The maximum Gasteiger partial charge on any atom is 0.246 e. The van der Waals surface area contributed by atoms with Crippen LogP contribution in [0.1, 0.15) is 51.8 Å². The number of nitrogens with zero attached hydrogens (tertiary/aromatic N) is 5. The summed E-state index contributed by atoms with van der Waals surface area (Å²) in [6, 6.07) is 0. The molecule has 0 spiro atoms. The molecule has 0 aromatic carbocycles. The quantitative estimate of drug-likeness (QED) is 0.214. The predicted octanol–water partition coefficient (Wildman–Crippen LogP) is 1.13. The Labute approximate surface area is 159 Å². The summed E-state index contributed by atoms with van der Waals surface area (Å²) in [5, 5.41) is 9.94. The first-order valence-corrected chi connectivity index (χ1v) is 9.53. The number of aryl methyl sites for hydroxylation is 1. The Bertz CT molecular complexity index is 625. The Morgan fingerprint density at radius 3 is 2.67 bits per heavy atom. The molecule has 0 radical (unpaired) electrons. The second-order valence-electron chi connectivity index (χ2n) is 6.60. The molecule has 1 aliphatic heterocycles. The van der Waals surface area contributed by atoms with Crippen LogP contribution < -0.4 is 15.8 Å². The number of hydrogen-bond donors (Lipinski definition) is 3. The summed E-state index contributed by atoms with van der Waals surface area (Å²) in [6.07, 6.45) is 5.48. The van der Waals surface area contributed by atoms with Crippen molar-refractivity contribution in [2.24, 2.45) is 5.92 Å². The van der Waals surface area contributed by atoms with E-state index in [1.54, 1.807) is 0 Å². The third kappa shape index (κ3) is 6.31. The topological polar surface area (TPSA) is 124 Å². The number of hydrogen-bond acceptors (Lipinski definition) is 8. The van der Waals surface area contributed by atoms with Gasteiger partial charge in [-0.1, -0.05) is 33.1 Å². The van der Waals surface area contributed by atoms with E-state index in [4.69, 9.17) is 0 Å². The van der Waals surface area contributed by atoms with Crippen molar-refractivity contribution < 1.29 is 14.8 Å². The molecular weight excluding hydrogens is 350 g/mol. The van der Waals surface area contributed by atoms with Crippen LogP contribution in [0.3, 0.4) is 0 Å². The third-order valence-corrected chi connectivity index (χ3v) is 4.48. The highest BCUT2D eigenvalue weighted by molar-refractivity contribution is 5.80. The molecule has 0 saturated carbocycles. The lowest BCUT2D eigenvalue weighted by Crippen LogP contribution is -2.41. The predicted molar refractivity (Wildman–Crippen MR) is 100.0 cm³/mol. The number of amides is 2. The fourth-order valence-corrected chi connectivity index (χ4v) is 2.71. The van der Waals surface area contributed by atoms with Gasteiger partial charge < -0.3 is 4.90 Å². The number of hydroxylamine groups is 2. The second kappa shape index (κ2) is 10.6. The zero-order valence-corrected chi connectivity index (χ0v) is 16.0. The van der Waals surface area contributed by atoms with Gasteiger partial charge in [-0.25, -0.2) is 5.06 Å². The fraction of sp³-hybridized carbons (Fsp3) is 0.706. The molecule has 0 bridgehead atoms. The highest BCUT2D eigenvalue weighted by Gasteiger charge is 2.22. The molecule has 10 heteroatoms. The zero-order valence-electron chi connectivity index (χ0n) is 16.0. The largest absolute Gasteiger partial charge is 0.341 e. The molecule has 3 N–H and O–H groups in total. The molecule has 2 amide bonds. The van der Waals surface area contributed by atoms with Crippen LogP contribution in [-0.2, 0) is 16.0 Å². The molecule has 0 unspecified atom stereocenters. The van der Waals surface area contributed by atoms with Crippen molar-refractivity contribution in [2.45, 2.75) is 52.4 Å². The molecule has 1 atom stereocenters. The summed E-state index contributed by atoms with van der Waals surface area (Å²) in [4.78, 5) is 38.3.